The Labute approximate surface area is 449 Å². The third kappa shape index (κ3) is 40.0. The largest absolute Gasteiger partial charge is 0.481 e. The fourth-order valence-corrected chi connectivity index (χ4v) is 7.95. The lowest BCUT2D eigenvalue weighted by molar-refractivity contribution is -0.145. The van der Waals surface area contributed by atoms with E-state index in [4.69, 9.17) is 34.3 Å². The van der Waals surface area contributed by atoms with E-state index in [1.807, 2.05) is 26.0 Å². The predicted octanol–water partition coefficient (Wildman–Crippen LogP) is 0.107. The van der Waals surface area contributed by atoms with Gasteiger partial charge in [-0.05, 0) is 70.4 Å². The smallest absolute Gasteiger partial charge is 0.326 e. The van der Waals surface area contributed by atoms with Crippen LogP contribution < -0.4 is 31.7 Å². The molecule has 1 rings (SSSR count). The second-order valence-electron chi connectivity index (χ2n) is 17.3. The molecule has 0 heterocycles. The molecule has 0 aromatic heterocycles. The Hall–Kier alpha value is -5.98. The van der Waals surface area contributed by atoms with Gasteiger partial charge in [-0.25, -0.2) is 13.2 Å². The summed E-state index contributed by atoms with van der Waals surface area (Å²) in [6.07, 6.45) is 1.76. The summed E-state index contributed by atoms with van der Waals surface area (Å²) in [5.74, 6) is -8.37. The van der Waals surface area contributed by atoms with E-state index in [2.05, 4.69) is 21.3 Å². The molecule has 77 heavy (non-hydrogen) atoms. The molecule has 0 bridgehead atoms. The normalized spacial score (nSPS) is 12.4. The molecule has 1 aromatic carbocycles. The number of ether oxygens (including phenoxy) is 4. The van der Waals surface area contributed by atoms with E-state index >= 15 is 0 Å². The highest BCUT2D eigenvalue weighted by atomic mass is 32.2. The van der Waals surface area contributed by atoms with Crippen molar-refractivity contribution in [2.45, 2.75) is 123 Å². The molecule has 10 N–H and O–H groups in total. The van der Waals surface area contributed by atoms with Gasteiger partial charge in [0.2, 0.25) is 39.6 Å². The van der Waals surface area contributed by atoms with Gasteiger partial charge in [-0.15, -0.1) is 0 Å². The molecule has 27 nitrogen and oxygen atoms in total. The maximum absolute atomic E-state index is 12.1. The van der Waals surface area contributed by atoms with Crippen LogP contribution in [0.25, 0.3) is 0 Å². The number of hydrogen-bond donors (Lipinski definition) is 9. The molecule has 3 atom stereocenters. The number of carbonyl (C=O) groups excluding carboxylic acids is 8. The number of primary amides is 1. The van der Waals surface area contributed by atoms with Gasteiger partial charge in [0.05, 0.1) is 50.5 Å². The van der Waals surface area contributed by atoms with Crippen LogP contribution in [0, 0.1) is 12.8 Å². The van der Waals surface area contributed by atoms with Crippen LogP contribution in [0.3, 0.4) is 0 Å². The van der Waals surface area contributed by atoms with Crippen molar-refractivity contribution in [2.75, 3.05) is 77.5 Å². The van der Waals surface area contributed by atoms with Gasteiger partial charge >= 0.3 is 11.9 Å². The molecule has 0 saturated carbocycles. The molecule has 0 fully saturated rings. The molecule has 1 aromatic rings. The molecule has 0 saturated heterocycles. The van der Waals surface area contributed by atoms with Gasteiger partial charge in [-0.2, -0.15) is 8.42 Å². The first kappa shape index (κ1) is 71.0. The quantitative estimate of drug-likeness (QED) is 0.0309. The van der Waals surface area contributed by atoms with E-state index in [1.165, 1.54) is 0 Å². The number of Topliss-reactive ketones (excluding diaryl/α,β-unsaturated/α-hetero) is 2. The highest BCUT2D eigenvalue weighted by molar-refractivity contribution is 7.90. The van der Waals surface area contributed by atoms with Crippen LogP contribution in [-0.4, -0.2) is 180 Å². The van der Waals surface area contributed by atoms with E-state index in [1.54, 1.807) is 23.8 Å². The first-order valence-electron chi connectivity index (χ1n) is 25.1. The third-order valence-corrected chi connectivity index (χ3v) is 12.8. The number of nitrogens with two attached hydrogens (primary N) is 1. The highest BCUT2D eigenvalue weighted by Crippen LogP contribution is 2.13. The van der Waals surface area contributed by atoms with E-state index in [-0.39, 0.29) is 103 Å². The number of aryl methyl sites for hydroxylation is 1. The fourth-order valence-electron chi connectivity index (χ4n) is 6.36. The highest BCUT2D eigenvalue weighted by Gasteiger charge is 2.24. The van der Waals surface area contributed by atoms with Crippen LogP contribution in [0.5, 0.6) is 0 Å². The van der Waals surface area contributed by atoms with Crippen LogP contribution in [0.2, 0.25) is 0 Å². The summed E-state index contributed by atoms with van der Waals surface area (Å²) in [5.41, 5.74) is 7.06. The van der Waals surface area contributed by atoms with Gasteiger partial charge in [0.1, 0.15) is 31.1 Å². The predicted molar refractivity (Wildman–Crippen MR) is 276 cm³/mol. The van der Waals surface area contributed by atoms with Gasteiger partial charge < -0.3 is 56.2 Å². The summed E-state index contributed by atoms with van der Waals surface area (Å²) >= 11 is 0. The fraction of sp³-hybridized carbons (Fsp3) is 0.667. The average molecular weight is 1140 g/mol. The Kier molecular flexibility index (Phi) is 38.0. The van der Waals surface area contributed by atoms with Crippen molar-refractivity contribution in [2.24, 2.45) is 11.7 Å². The first-order chi connectivity index (χ1) is 36.3. The second-order valence-corrected chi connectivity index (χ2v) is 20.8. The van der Waals surface area contributed by atoms with Crippen LogP contribution in [0.15, 0.2) is 24.3 Å². The summed E-state index contributed by atoms with van der Waals surface area (Å²) < 4.78 is 76.2. The minimum Gasteiger partial charge on any atom is -0.481 e. The minimum absolute atomic E-state index is 0.00713. The Morgan fingerprint density at radius 1 is 0.584 bits per heavy atom. The maximum Gasteiger partial charge on any atom is 0.326 e. The Morgan fingerprint density at radius 3 is 1.78 bits per heavy atom. The van der Waals surface area contributed by atoms with Gasteiger partial charge in [0, 0.05) is 63.8 Å². The van der Waals surface area contributed by atoms with Crippen LogP contribution in [0.4, 0.5) is 0 Å². The number of benzene rings is 1. The summed E-state index contributed by atoms with van der Waals surface area (Å²) in [7, 11) is -8.29. The SMILES string of the molecule is CCC(=O)CCCOCCOCC(=O)NC(CCCCNC(=O)c1ccc(C)cc1)C(N)=O.CCC(NC(=O)CCC(CC(=O)COCCOCCNC(=O)CCCS(=O)(=O)NC(=O)CCCS(=O)(=O)O)C(=O)O)C(=O)O. The van der Waals surface area contributed by atoms with E-state index in [9.17, 15) is 69.9 Å². The van der Waals surface area contributed by atoms with Gasteiger partial charge in [0.25, 0.3) is 16.0 Å². The number of rotatable bonds is 44. The average Bonchev–Trinajstić information content (AvgIpc) is 3.34. The Bertz CT molecular complexity index is 2250. The van der Waals surface area contributed by atoms with Crippen LogP contribution >= 0.6 is 0 Å². The van der Waals surface area contributed by atoms with E-state index in [0.717, 1.165) is 5.56 Å². The molecular weight excluding hydrogens is 1060 g/mol. The lowest BCUT2D eigenvalue weighted by Gasteiger charge is -2.15. The Balaban J connectivity index is 0.00000156. The Morgan fingerprint density at radius 2 is 1.18 bits per heavy atom. The molecule has 0 radical (unpaired) electrons. The molecule has 3 unspecified atom stereocenters. The van der Waals surface area contributed by atoms with E-state index in [0.29, 0.717) is 63.8 Å². The molecule has 6 amide bonds. The molecule has 438 valence electrons. The number of sulfonamides is 1. The number of ketones is 2. The van der Waals surface area contributed by atoms with Crippen molar-refractivity contribution in [3.8, 4) is 0 Å². The second kappa shape index (κ2) is 41.2. The van der Waals surface area contributed by atoms with E-state index < -0.39 is 103 Å². The number of carbonyl (C=O) groups is 10. The van der Waals surface area contributed by atoms with Gasteiger partial charge in [0.15, 0.2) is 5.78 Å². The standard InChI is InChI=1S/C24H41N3O15S2.C24H37N3O6/c1-2-19(24(34)35)26-21(30)8-7-17(23(32)33)15-18(28)16-42-12-11-41-10-9-25-20(29)5-3-13-43(36,37)27-22(31)6-4-14-44(38,39)40;1-3-20(28)7-6-14-32-15-16-33-17-22(29)27-21(23(25)30)8-4-5-13-26-24(31)19-11-9-18(2)10-12-19/h17,19H,2-16H2,1H3,(H,25,29)(H,26,30)(H,27,31)(H,32,33)(H,34,35)(H,38,39,40);9-12,21H,3-8,13-17H2,1-2H3,(H2,25,30)(H,26,31)(H,27,29). The van der Waals surface area contributed by atoms with Crippen molar-refractivity contribution in [3.05, 3.63) is 35.4 Å². The van der Waals surface area contributed by atoms with Crippen molar-refractivity contribution < 1.29 is 98.5 Å². The topological polar surface area (TPSA) is 423 Å². The summed E-state index contributed by atoms with van der Waals surface area (Å²) in [4.78, 5) is 117. The zero-order valence-electron chi connectivity index (χ0n) is 44.0. The minimum atomic E-state index is -4.26. The number of hydrogen-bond acceptors (Lipinski definition) is 18. The number of unbranched alkanes of at least 4 members (excludes halogenated alkanes) is 1. The number of nitrogens with one attached hydrogen (secondary N) is 5. The molecule has 0 aliphatic rings. The molecule has 0 aliphatic heterocycles. The number of aliphatic carboxylic acids is 2. The zero-order valence-corrected chi connectivity index (χ0v) is 45.6. The maximum atomic E-state index is 12.1. The molecule has 0 spiro atoms. The van der Waals surface area contributed by atoms with Crippen LogP contribution in [0.1, 0.15) is 120 Å². The summed E-state index contributed by atoms with van der Waals surface area (Å²) in [5, 5.41) is 28.5. The third-order valence-electron chi connectivity index (χ3n) is 10.6. The first-order valence-corrected chi connectivity index (χ1v) is 28.3. The summed E-state index contributed by atoms with van der Waals surface area (Å²) in [6, 6.07) is 5.43. The number of amides is 6. The lowest BCUT2D eigenvalue weighted by atomic mass is 9.97. The number of carboxylic acid groups (broad SMARTS) is 2. The van der Waals surface area contributed by atoms with Gasteiger partial charge in [-0.1, -0.05) is 31.5 Å². The van der Waals surface area contributed by atoms with Crippen molar-refractivity contribution in [3.63, 3.8) is 0 Å². The van der Waals surface area contributed by atoms with Crippen molar-refractivity contribution in [1.29, 1.82) is 0 Å². The monoisotopic (exact) mass is 1140 g/mol. The van der Waals surface area contributed by atoms with Crippen LogP contribution in [-0.2, 0) is 82.2 Å². The van der Waals surface area contributed by atoms with Crippen molar-refractivity contribution in [1.82, 2.24) is 26.0 Å². The van der Waals surface area contributed by atoms with Crippen molar-refractivity contribution >= 4 is 79.1 Å². The number of carboxylic acids is 2. The zero-order chi connectivity index (χ0) is 58.2. The summed E-state index contributed by atoms with van der Waals surface area (Å²) in [6.45, 7) is 6.46. The molecular formula is C48H78N6O21S2. The molecule has 29 heteroatoms. The molecule has 0 aliphatic carbocycles. The van der Waals surface area contributed by atoms with Gasteiger partial charge in [-0.3, -0.25) is 52.4 Å². The lowest BCUT2D eigenvalue weighted by Crippen LogP contribution is -2.45.